The van der Waals surface area contributed by atoms with E-state index in [1.165, 1.54) is 7.11 Å². The van der Waals surface area contributed by atoms with Gasteiger partial charge >= 0.3 is 5.97 Å². The molecular formula is C9H18N2O3. The third kappa shape index (κ3) is 3.33. The summed E-state index contributed by atoms with van der Waals surface area (Å²) in [5.41, 5.74) is 4.25. The van der Waals surface area contributed by atoms with E-state index in [4.69, 9.17) is 5.73 Å². The Kier molecular flexibility index (Phi) is 4.56. The van der Waals surface area contributed by atoms with Crippen LogP contribution < -0.4 is 11.1 Å². The second kappa shape index (κ2) is 4.95. The van der Waals surface area contributed by atoms with Gasteiger partial charge in [0.2, 0.25) is 5.91 Å². The van der Waals surface area contributed by atoms with Crippen LogP contribution in [0, 0.1) is 0 Å². The van der Waals surface area contributed by atoms with Gasteiger partial charge in [-0.15, -0.1) is 0 Å². The molecule has 0 radical (unpaired) electrons. The molecule has 1 amide bonds. The van der Waals surface area contributed by atoms with Crippen molar-refractivity contribution >= 4 is 11.9 Å². The van der Waals surface area contributed by atoms with Crippen LogP contribution in [-0.4, -0.2) is 30.6 Å². The first-order valence-corrected chi connectivity index (χ1v) is 4.50. The van der Waals surface area contributed by atoms with Crippen LogP contribution in [0.25, 0.3) is 0 Å². The van der Waals surface area contributed by atoms with Gasteiger partial charge in [0.25, 0.3) is 0 Å². The summed E-state index contributed by atoms with van der Waals surface area (Å²) in [6.45, 7) is 5.08. The van der Waals surface area contributed by atoms with Crippen molar-refractivity contribution in [3.05, 3.63) is 0 Å². The maximum atomic E-state index is 11.2. The molecule has 82 valence electrons. The van der Waals surface area contributed by atoms with Gasteiger partial charge in [0.15, 0.2) is 0 Å². The van der Waals surface area contributed by atoms with Crippen LogP contribution in [0.3, 0.4) is 0 Å². The fourth-order valence-corrected chi connectivity index (χ4v) is 0.977. The van der Waals surface area contributed by atoms with E-state index in [9.17, 15) is 9.59 Å². The van der Waals surface area contributed by atoms with Crippen LogP contribution in [0.2, 0.25) is 0 Å². The summed E-state index contributed by atoms with van der Waals surface area (Å²) >= 11 is 0. The Balaban J connectivity index is 4.46. The van der Waals surface area contributed by atoms with Crippen LogP contribution in [0.4, 0.5) is 0 Å². The molecule has 1 unspecified atom stereocenters. The molecular weight excluding hydrogens is 184 g/mol. The number of nitrogens with one attached hydrogen (secondary N) is 1. The molecule has 0 saturated carbocycles. The lowest BCUT2D eigenvalue weighted by Gasteiger charge is -2.26. The second-order valence-corrected chi connectivity index (χ2v) is 3.62. The smallest absolute Gasteiger partial charge is 0.322 e. The van der Waals surface area contributed by atoms with Crippen LogP contribution >= 0.6 is 0 Å². The van der Waals surface area contributed by atoms with Gasteiger partial charge in [0, 0.05) is 0 Å². The summed E-state index contributed by atoms with van der Waals surface area (Å²) in [7, 11) is 1.31. The Hall–Kier alpha value is -1.10. The Morgan fingerprint density at radius 3 is 2.29 bits per heavy atom. The highest BCUT2D eigenvalue weighted by molar-refractivity contribution is 5.85. The Bertz CT molecular complexity index is 226. The largest absolute Gasteiger partial charge is 0.468 e. The van der Waals surface area contributed by atoms with Crippen molar-refractivity contribution in [1.82, 2.24) is 5.32 Å². The van der Waals surface area contributed by atoms with Gasteiger partial charge in [0.1, 0.15) is 6.04 Å². The van der Waals surface area contributed by atoms with Crippen molar-refractivity contribution < 1.29 is 14.3 Å². The predicted octanol–water partition coefficient (Wildman–Crippen LogP) is -0.208. The average molecular weight is 202 g/mol. The average Bonchev–Trinajstić information content (AvgIpc) is 2.12. The SMILES string of the molecule is CCC(NC(C)(C)C(N)=O)C(=O)OC. The normalized spacial score (nSPS) is 13.4. The van der Waals surface area contributed by atoms with Crippen molar-refractivity contribution in [3.8, 4) is 0 Å². The number of amides is 1. The maximum absolute atomic E-state index is 11.2. The van der Waals surface area contributed by atoms with Crippen molar-refractivity contribution in [1.29, 1.82) is 0 Å². The molecule has 0 aromatic heterocycles. The first-order chi connectivity index (χ1) is 6.35. The summed E-state index contributed by atoms with van der Waals surface area (Å²) in [6.07, 6.45) is 0.545. The fourth-order valence-electron chi connectivity index (χ4n) is 0.977. The van der Waals surface area contributed by atoms with Crippen LogP contribution in [0.5, 0.6) is 0 Å². The van der Waals surface area contributed by atoms with Crippen molar-refractivity contribution in [3.63, 3.8) is 0 Å². The van der Waals surface area contributed by atoms with Gasteiger partial charge in [-0.3, -0.25) is 14.9 Å². The zero-order chi connectivity index (χ0) is 11.4. The Morgan fingerprint density at radius 2 is 2.00 bits per heavy atom. The molecule has 5 heteroatoms. The molecule has 3 N–H and O–H groups in total. The Labute approximate surface area is 84.0 Å². The van der Waals surface area contributed by atoms with E-state index < -0.39 is 17.5 Å². The summed E-state index contributed by atoms with van der Waals surface area (Å²) in [6, 6.07) is -0.498. The van der Waals surface area contributed by atoms with Gasteiger partial charge in [-0.05, 0) is 20.3 Å². The lowest BCUT2D eigenvalue weighted by molar-refractivity contribution is -0.144. The monoisotopic (exact) mass is 202 g/mol. The summed E-state index contributed by atoms with van der Waals surface area (Å²) in [5.74, 6) is -0.887. The topological polar surface area (TPSA) is 81.4 Å². The number of rotatable bonds is 5. The van der Waals surface area contributed by atoms with Crippen LogP contribution in [0.1, 0.15) is 27.2 Å². The molecule has 0 bridgehead atoms. The summed E-state index contributed by atoms with van der Waals surface area (Å²) in [4.78, 5) is 22.2. The molecule has 0 saturated heterocycles. The third-order valence-corrected chi connectivity index (χ3v) is 2.05. The molecule has 0 rings (SSSR count). The molecule has 0 heterocycles. The fraction of sp³-hybridized carbons (Fsp3) is 0.778. The molecule has 5 nitrogen and oxygen atoms in total. The van der Waals surface area contributed by atoms with Gasteiger partial charge in [-0.1, -0.05) is 6.92 Å². The molecule has 0 aliphatic carbocycles. The zero-order valence-electron chi connectivity index (χ0n) is 9.09. The minimum atomic E-state index is -0.908. The number of primary amides is 1. The molecule has 14 heavy (non-hydrogen) atoms. The molecule has 0 aromatic rings. The quantitative estimate of drug-likeness (QED) is 0.604. The first kappa shape index (κ1) is 12.9. The molecule has 0 aromatic carbocycles. The maximum Gasteiger partial charge on any atom is 0.322 e. The highest BCUT2D eigenvalue weighted by Gasteiger charge is 2.30. The highest BCUT2D eigenvalue weighted by atomic mass is 16.5. The molecule has 0 fully saturated rings. The zero-order valence-corrected chi connectivity index (χ0v) is 9.09. The molecule has 0 aliphatic rings. The highest BCUT2D eigenvalue weighted by Crippen LogP contribution is 2.05. The van der Waals surface area contributed by atoms with Gasteiger partial charge < -0.3 is 10.5 Å². The summed E-state index contributed by atoms with van der Waals surface area (Å²) < 4.78 is 4.58. The number of hydrogen-bond acceptors (Lipinski definition) is 4. The standard InChI is InChI=1S/C9H18N2O3/c1-5-6(7(12)14-4)11-9(2,3)8(10)13/h6,11H,5H2,1-4H3,(H2,10,13). The number of esters is 1. The minimum absolute atomic E-state index is 0.387. The Morgan fingerprint density at radius 1 is 1.50 bits per heavy atom. The number of carbonyl (C=O) groups is 2. The number of hydrogen-bond donors (Lipinski definition) is 2. The van der Waals surface area contributed by atoms with Gasteiger partial charge in [-0.25, -0.2) is 0 Å². The summed E-state index contributed by atoms with van der Waals surface area (Å²) in [5, 5.41) is 2.84. The first-order valence-electron chi connectivity index (χ1n) is 4.50. The van der Waals surface area contributed by atoms with E-state index >= 15 is 0 Å². The van der Waals surface area contributed by atoms with Crippen molar-refractivity contribution in [2.45, 2.75) is 38.8 Å². The van der Waals surface area contributed by atoms with Crippen molar-refractivity contribution in [2.24, 2.45) is 5.73 Å². The molecule has 0 aliphatic heterocycles. The minimum Gasteiger partial charge on any atom is -0.468 e. The molecule has 0 spiro atoms. The number of carbonyl (C=O) groups excluding carboxylic acids is 2. The van der Waals surface area contributed by atoms with Crippen LogP contribution in [0.15, 0.2) is 0 Å². The van der Waals surface area contributed by atoms with E-state index in [-0.39, 0.29) is 5.97 Å². The van der Waals surface area contributed by atoms with Gasteiger partial charge in [0.05, 0.1) is 12.6 Å². The van der Waals surface area contributed by atoms with E-state index in [0.717, 1.165) is 0 Å². The van der Waals surface area contributed by atoms with E-state index in [1.807, 2.05) is 6.92 Å². The number of methoxy groups -OCH3 is 1. The van der Waals surface area contributed by atoms with Crippen molar-refractivity contribution in [2.75, 3.05) is 7.11 Å². The molecule has 1 atom stereocenters. The van der Waals surface area contributed by atoms with E-state index in [2.05, 4.69) is 10.1 Å². The van der Waals surface area contributed by atoms with Crippen LogP contribution in [-0.2, 0) is 14.3 Å². The number of nitrogens with two attached hydrogens (primary N) is 1. The van der Waals surface area contributed by atoms with Gasteiger partial charge in [-0.2, -0.15) is 0 Å². The lowest BCUT2D eigenvalue weighted by atomic mass is 10.0. The predicted molar refractivity (Wildman–Crippen MR) is 52.5 cm³/mol. The second-order valence-electron chi connectivity index (χ2n) is 3.62. The van der Waals surface area contributed by atoms with E-state index in [1.54, 1.807) is 13.8 Å². The number of ether oxygens (including phenoxy) is 1. The lowest BCUT2D eigenvalue weighted by Crippen LogP contribution is -2.56. The third-order valence-electron chi connectivity index (χ3n) is 2.05. The van der Waals surface area contributed by atoms with E-state index in [0.29, 0.717) is 6.42 Å².